The average molecular weight is 506 g/mol. The number of benzene rings is 2. The second kappa shape index (κ2) is 9.46. The van der Waals surface area contributed by atoms with Gasteiger partial charge < -0.3 is 19.0 Å². The topological polar surface area (TPSA) is 115 Å². The molecule has 0 saturated carbocycles. The summed E-state index contributed by atoms with van der Waals surface area (Å²) in [5, 5.41) is 20.6. The number of carbonyl (C=O) groups is 2. The van der Waals surface area contributed by atoms with Gasteiger partial charge in [0.15, 0.2) is 22.9 Å². The summed E-state index contributed by atoms with van der Waals surface area (Å²) in [6, 6.07) is 13.0. The Bertz CT molecular complexity index is 1490. The molecule has 1 aliphatic heterocycles. The number of rotatable bonds is 8. The smallest absolute Gasteiger partial charge is 0.296 e. The van der Waals surface area contributed by atoms with E-state index >= 15 is 0 Å². The van der Waals surface area contributed by atoms with Crippen molar-refractivity contribution >= 4 is 39.1 Å². The van der Waals surface area contributed by atoms with E-state index in [1.165, 1.54) is 23.3 Å². The third-order valence-corrected chi connectivity index (χ3v) is 6.63. The molecule has 1 atom stereocenters. The molecule has 2 aromatic heterocycles. The van der Waals surface area contributed by atoms with E-state index in [0.717, 1.165) is 6.42 Å². The van der Waals surface area contributed by atoms with Crippen LogP contribution >= 0.6 is 11.3 Å². The predicted octanol–water partition coefficient (Wildman–Crippen LogP) is 5.17. The number of amides is 1. The number of aliphatic hydroxyl groups excluding tert-OH is 1. The first kappa shape index (κ1) is 23.6. The molecule has 1 unspecified atom stereocenters. The summed E-state index contributed by atoms with van der Waals surface area (Å²) < 4.78 is 16.9. The quantitative estimate of drug-likeness (QED) is 0.326. The number of aryl methyl sites for hydroxylation is 1. The highest BCUT2D eigenvalue weighted by Crippen LogP contribution is 2.43. The van der Waals surface area contributed by atoms with Gasteiger partial charge in [0, 0.05) is 5.39 Å². The minimum atomic E-state index is -0.937. The van der Waals surface area contributed by atoms with E-state index in [2.05, 4.69) is 10.2 Å². The SMILES string of the molecule is CCCOc1ccc(C2C(C(=O)c3cc4cccc(OC)c4o3)=C(O)C(=O)N2c2nnc(C)s2)cc1. The summed E-state index contributed by atoms with van der Waals surface area (Å²) in [6.45, 7) is 4.34. The van der Waals surface area contributed by atoms with E-state index in [-0.39, 0.29) is 16.5 Å². The molecule has 0 radical (unpaired) electrons. The molecule has 184 valence electrons. The molecule has 0 spiro atoms. The van der Waals surface area contributed by atoms with Crippen molar-refractivity contribution in [3.05, 3.63) is 76.2 Å². The van der Waals surface area contributed by atoms with Gasteiger partial charge in [0.2, 0.25) is 10.9 Å². The summed E-state index contributed by atoms with van der Waals surface area (Å²) in [5.74, 6) is -0.895. The number of ketones is 1. The van der Waals surface area contributed by atoms with E-state index in [9.17, 15) is 14.7 Å². The van der Waals surface area contributed by atoms with Gasteiger partial charge in [-0.3, -0.25) is 14.5 Å². The normalized spacial score (nSPS) is 15.7. The first-order valence-electron chi connectivity index (χ1n) is 11.3. The Hall–Kier alpha value is -4.18. The molecular weight excluding hydrogens is 482 g/mol. The monoisotopic (exact) mass is 505 g/mol. The average Bonchev–Trinajstić information content (AvgIpc) is 3.58. The number of anilines is 1. The summed E-state index contributed by atoms with van der Waals surface area (Å²) in [7, 11) is 1.51. The predicted molar refractivity (Wildman–Crippen MR) is 134 cm³/mol. The third kappa shape index (κ3) is 3.99. The molecule has 3 heterocycles. The number of Topliss-reactive ketones (excluding diaryl/α,β-unsaturated/α-hetero) is 1. The van der Waals surface area contributed by atoms with Crippen LogP contribution in [-0.2, 0) is 4.79 Å². The minimum Gasteiger partial charge on any atom is -0.503 e. The zero-order valence-corrected chi connectivity index (χ0v) is 20.7. The highest BCUT2D eigenvalue weighted by Gasteiger charge is 2.46. The van der Waals surface area contributed by atoms with Crippen molar-refractivity contribution in [2.75, 3.05) is 18.6 Å². The maximum atomic E-state index is 13.8. The Kier molecular flexibility index (Phi) is 6.19. The minimum absolute atomic E-state index is 0.0213. The van der Waals surface area contributed by atoms with Crippen LogP contribution in [0.15, 0.2) is 64.3 Å². The molecule has 0 aliphatic carbocycles. The second-order valence-electron chi connectivity index (χ2n) is 8.18. The maximum absolute atomic E-state index is 13.8. The van der Waals surface area contributed by atoms with Gasteiger partial charge in [-0.2, -0.15) is 0 Å². The number of hydrogen-bond acceptors (Lipinski definition) is 9. The molecule has 1 amide bonds. The standard InChI is InChI=1S/C26H23N3O6S/c1-4-12-34-17-10-8-15(9-11-17)21-20(23(31)25(32)29(21)26-28-27-14(2)36-26)22(30)19-13-16-6-5-7-18(33-3)24(16)35-19/h5-11,13,21,31H,4,12H2,1-3H3. The number of methoxy groups -OCH3 is 1. The number of carbonyl (C=O) groups excluding carboxylic acids is 2. The molecule has 0 saturated heterocycles. The molecule has 0 bridgehead atoms. The van der Waals surface area contributed by atoms with E-state index in [4.69, 9.17) is 13.9 Å². The lowest BCUT2D eigenvalue weighted by atomic mass is 9.95. The molecule has 1 aliphatic rings. The molecule has 5 rings (SSSR count). The summed E-state index contributed by atoms with van der Waals surface area (Å²) in [4.78, 5) is 28.3. The van der Waals surface area contributed by atoms with Gasteiger partial charge in [0.25, 0.3) is 5.91 Å². The summed E-state index contributed by atoms with van der Waals surface area (Å²) >= 11 is 1.19. The number of para-hydroxylation sites is 1. The third-order valence-electron chi connectivity index (χ3n) is 5.79. The van der Waals surface area contributed by atoms with Crippen molar-refractivity contribution in [3.8, 4) is 11.5 Å². The lowest BCUT2D eigenvalue weighted by Crippen LogP contribution is -2.31. The number of nitrogens with zero attached hydrogens (tertiary/aromatic N) is 3. The molecule has 36 heavy (non-hydrogen) atoms. The fourth-order valence-corrected chi connectivity index (χ4v) is 4.86. The van der Waals surface area contributed by atoms with Crippen LogP contribution in [-0.4, -0.2) is 40.7 Å². The van der Waals surface area contributed by atoms with Gasteiger partial charge in [-0.15, -0.1) is 10.2 Å². The molecule has 9 nitrogen and oxygen atoms in total. The lowest BCUT2D eigenvalue weighted by Gasteiger charge is -2.24. The van der Waals surface area contributed by atoms with Crippen LogP contribution in [0.1, 0.15) is 40.5 Å². The zero-order valence-electron chi connectivity index (χ0n) is 19.8. The van der Waals surface area contributed by atoms with E-state index in [0.29, 0.717) is 39.6 Å². The lowest BCUT2D eigenvalue weighted by molar-refractivity contribution is -0.117. The Morgan fingerprint density at radius 1 is 1.19 bits per heavy atom. The molecule has 1 N–H and O–H groups in total. The van der Waals surface area contributed by atoms with Gasteiger partial charge in [0.05, 0.1) is 25.3 Å². The first-order valence-corrected chi connectivity index (χ1v) is 12.1. The Morgan fingerprint density at radius 2 is 1.97 bits per heavy atom. The summed E-state index contributed by atoms with van der Waals surface area (Å²) in [6.07, 6.45) is 0.862. The van der Waals surface area contributed by atoms with Crippen molar-refractivity contribution in [1.29, 1.82) is 0 Å². The first-order chi connectivity index (χ1) is 17.4. The molecule has 2 aromatic carbocycles. The van der Waals surface area contributed by atoms with E-state index in [1.54, 1.807) is 55.5 Å². The zero-order chi connectivity index (χ0) is 25.4. The van der Waals surface area contributed by atoms with Crippen LogP contribution in [0.5, 0.6) is 11.5 Å². The fourth-order valence-electron chi connectivity index (χ4n) is 4.14. The number of fused-ring (bicyclic) bond motifs is 1. The van der Waals surface area contributed by atoms with Crippen molar-refractivity contribution in [1.82, 2.24) is 10.2 Å². The fraction of sp³-hybridized carbons (Fsp3) is 0.231. The van der Waals surface area contributed by atoms with Crippen LogP contribution in [0, 0.1) is 6.92 Å². The number of aromatic nitrogens is 2. The van der Waals surface area contributed by atoms with Gasteiger partial charge in [-0.05, 0) is 43.2 Å². The molecular formula is C26H23N3O6S. The van der Waals surface area contributed by atoms with E-state index < -0.39 is 23.5 Å². The van der Waals surface area contributed by atoms with Gasteiger partial charge in [0.1, 0.15) is 10.8 Å². The van der Waals surface area contributed by atoms with Gasteiger partial charge in [-0.25, -0.2) is 0 Å². The molecule has 0 fully saturated rings. The van der Waals surface area contributed by atoms with Crippen molar-refractivity contribution < 1.29 is 28.6 Å². The van der Waals surface area contributed by atoms with Crippen molar-refractivity contribution in [2.45, 2.75) is 26.3 Å². The number of ether oxygens (including phenoxy) is 2. The largest absolute Gasteiger partial charge is 0.503 e. The Labute approximate surface area is 210 Å². The van der Waals surface area contributed by atoms with Crippen LogP contribution in [0.4, 0.5) is 5.13 Å². The highest BCUT2D eigenvalue weighted by molar-refractivity contribution is 7.15. The number of aliphatic hydroxyl groups is 1. The van der Waals surface area contributed by atoms with Crippen LogP contribution in [0.3, 0.4) is 0 Å². The van der Waals surface area contributed by atoms with Gasteiger partial charge in [-0.1, -0.05) is 42.5 Å². The van der Waals surface area contributed by atoms with Crippen LogP contribution in [0.2, 0.25) is 0 Å². The highest BCUT2D eigenvalue weighted by atomic mass is 32.1. The second-order valence-corrected chi connectivity index (χ2v) is 9.34. The van der Waals surface area contributed by atoms with Crippen molar-refractivity contribution in [2.24, 2.45) is 0 Å². The number of hydrogen-bond donors (Lipinski definition) is 1. The maximum Gasteiger partial charge on any atom is 0.296 e. The Morgan fingerprint density at radius 3 is 2.64 bits per heavy atom. The molecule has 10 heteroatoms. The van der Waals surface area contributed by atoms with Crippen LogP contribution < -0.4 is 14.4 Å². The van der Waals surface area contributed by atoms with Crippen LogP contribution in [0.25, 0.3) is 11.0 Å². The van der Waals surface area contributed by atoms with Crippen molar-refractivity contribution in [3.63, 3.8) is 0 Å². The summed E-state index contributed by atoms with van der Waals surface area (Å²) in [5.41, 5.74) is 0.896. The molecule has 4 aromatic rings. The van der Waals surface area contributed by atoms with Gasteiger partial charge >= 0.3 is 0 Å². The van der Waals surface area contributed by atoms with E-state index in [1.807, 2.05) is 6.92 Å². The number of furan rings is 1. The Balaban J connectivity index is 1.61.